The average molecular weight is 433 g/mol. The second-order valence-electron chi connectivity index (χ2n) is 6.26. The first-order valence-corrected chi connectivity index (χ1v) is 8.95. The molecule has 1 saturated heterocycles. The lowest BCUT2D eigenvalue weighted by molar-refractivity contribution is 0.0743. The van der Waals surface area contributed by atoms with Crippen LogP contribution in [-0.2, 0) is 0 Å². The maximum absolute atomic E-state index is 14.2. The normalized spacial score (nSPS) is 14.2. The van der Waals surface area contributed by atoms with Crippen molar-refractivity contribution in [3.8, 4) is 11.5 Å². The molecule has 2 aromatic rings. The molecule has 3 rings (SSSR count). The van der Waals surface area contributed by atoms with Gasteiger partial charge in [0.2, 0.25) is 0 Å². The van der Waals surface area contributed by atoms with Crippen LogP contribution in [0.1, 0.15) is 10.4 Å². The van der Waals surface area contributed by atoms with E-state index in [-0.39, 0.29) is 32.1 Å². The molecule has 0 aromatic heterocycles. The Balaban J connectivity index is 1.79. The Kier molecular flexibility index (Phi) is 6.07. The van der Waals surface area contributed by atoms with Crippen LogP contribution in [0.25, 0.3) is 0 Å². The number of hydrogen-bond acceptors (Lipinski definition) is 4. The standard InChI is InChI=1S/C19H17ClF4N2O3/c1-28-10-3-4-11(12(9-10)29-2)19(27)26-7-5-25(6-8-26)18-16(23)14(21)13(20)15(22)17(18)24/h3-4,9H,5-8H2,1-2H3. The summed E-state index contributed by atoms with van der Waals surface area (Å²) in [6.45, 7) is 0.106. The predicted octanol–water partition coefficient (Wildman–Crippen LogP) is 3.88. The highest BCUT2D eigenvalue weighted by Crippen LogP contribution is 2.34. The molecule has 1 heterocycles. The highest BCUT2D eigenvalue weighted by atomic mass is 35.5. The van der Waals surface area contributed by atoms with Crippen LogP contribution in [0, 0.1) is 23.3 Å². The van der Waals surface area contributed by atoms with Gasteiger partial charge in [0.25, 0.3) is 5.91 Å². The van der Waals surface area contributed by atoms with Crippen molar-refractivity contribution in [2.24, 2.45) is 0 Å². The zero-order valence-corrected chi connectivity index (χ0v) is 16.3. The van der Waals surface area contributed by atoms with Gasteiger partial charge in [0.15, 0.2) is 23.3 Å². The number of rotatable bonds is 4. The first kappa shape index (κ1) is 21.0. The van der Waals surface area contributed by atoms with Crippen LogP contribution in [-0.4, -0.2) is 51.2 Å². The Morgan fingerprint density at radius 1 is 0.931 bits per heavy atom. The van der Waals surface area contributed by atoms with Crippen LogP contribution in [0.4, 0.5) is 23.2 Å². The molecule has 10 heteroatoms. The van der Waals surface area contributed by atoms with E-state index in [1.165, 1.54) is 19.1 Å². The zero-order valence-electron chi connectivity index (χ0n) is 15.6. The zero-order chi connectivity index (χ0) is 21.3. The second-order valence-corrected chi connectivity index (χ2v) is 6.64. The van der Waals surface area contributed by atoms with E-state index in [2.05, 4.69) is 0 Å². The Morgan fingerprint density at radius 2 is 1.52 bits per heavy atom. The van der Waals surface area contributed by atoms with E-state index in [0.717, 1.165) is 4.90 Å². The lowest BCUT2D eigenvalue weighted by Gasteiger charge is -2.36. The lowest BCUT2D eigenvalue weighted by atomic mass is 10.1. The van der Waals surface area contributed by atoms with Gasteiger partial charge in [0.05, 0.1) is 19.8 Å². The summed E-state index contributed by atoms with van der Waals surface area (Å²) in [4.78, 5) is 15.4. The van der Waals surface area contributed by atoms with E-state index >= 15 is 0 Å². The smallest absolute Gasteiger partial charge is 0.257 e. The summed E-state index contributed by atoms with van der Waals surface area (Å²) in [5, 5.41) is -1.23. The fourth-order valence-electron chi connectivity index (χ4n) is 3.15. The van der Waals surface area contributed by atoms with Crippen molar-refractivity contribution in [3.05, 3.63) is 52.1 Å². The molecule has 1 amide bonds. The summed E-state index contributed by atoms with van der Waals surface area (Å²) in [6.07, 6.45) is 0. The van der Waals surface area contributed by atoms with Crippen molar-refractivity contribution in [1.82, 2.24) is 4.90 Å². The second kappa shape index (κ2) is 8.36. The fourth-order valence-corrected chi connectivity index (χ4v) is 3.32. The number of carbonyl (C=O) groups excluding carboxylic acids is 1. The van der Waals surface area contributed by atoms with Gasteiger partial charge in [-0.15, -0.1) is 0 Å². The molecule has 1 aliphatic heterocycles. The Morgan fingerprint density at radius 3 is 2.03 bits per heavy atom. The summed E-state index contributed by atoms with van der Waals surface area (Å²) in [5.74, 6) is -5.95. The Hall–Kier alpha value is -2.68. The molecule has 0 saturated carbocycles. The number of benzene rings is 2. The van der Waals surface area contributed by atoms with Gasteiger partial charge in [-0.1, -0.05) is 11.6 Å². The molecule has 0 radical (unpaired) electrons. The highest BCUT2D eigenvalue weighted by molar-refractivity contribution is 6.31. The number of halogens is 5. The number of piperazine rings is 1. The van der Waals surface area contributed by atoms with E-state index in [1.807, 2.05) is 0 Å². The van der Waals surface area contributed by atoms with Crippen molar-refractivity contribution in [3.63, 3.8) is 0 Å². The molecule has 156 valence electrons. The van der Waals surface area contributed by atoms with Gasteiger partial charge in [-0.2, -0.15) is 0 Å². The quantitative estimate of drug-likeness (QED) is 0.418. The average Bonchev–Trinajstić information content (AvgIpc) is 2.76. The van der Waals surface area contributed by atoms with Gasteiger partial charge in [0.1, 0.15) is 22.2 Å². The molecule has 0 aliphatic carbocycles. The van der Waals surface area contributed by atoms with Crippen LogP contribution in [0.15, 0.2) is 18.2 Å². The van der Waals surface area contributed by atoms with Gasteiger partial charge in [-0.3, -0.25) is 4.79 Å². The Bertz CT molecular complexity index is 921. The topological polar surface area (TPSA) is 42.0 Å². The van der Waals surface area contributed by atoms with Crippen LogP contribution in [0.3, 0.4) is 0 Å². The van der Waals surface area contributed by atoms with E-state index in [9.17, 15) is 22.4 Å². The SMILES string of the molecule is COc1ccc(C(=O)N2CCN(c3c(F)c(F)c(Cl)c(F)c3F)CC2)c(OC)c1. The minimum Gasteiger partial charge on any atom is -0.497 e. The number of ether oxygens (including phenoxy) is 2. The lowest BCUT2D eigenvalue weighted by Crippen LogP contribution is -2.49. The summed E-state index contributed by atoms with van der Waals surface area (Å²) in [5.41, 5.74) is -0.541. The first-order chi connectivity index (χ1) is 13.8. The van der Waals surface area contributed by atoms with E-state index in [4.69, 9.17) is 21.1 Å². The molecule has 0 N–H and O–H groups in total. The summed E-state index contributed by atoms with van der Waals surface area (Å²) in [6, 6.07) is 4.72. The van der Waals surface area contributed by atoms with Crippen molar-refractivity contribution in [2.75, 3.05) is 45.3 Å². The largest absolute Gasteiger partial charge is 0.497 e. The number of methoxy groups -OCH3 is 2. The van der Waals surface area contributed by atoms with Crippen LogP contribution >= 0.6 is 11.6 Å². The van der Waals surface area contributed by atoms with E-state index < -0.39 is 34.0 Å². The number of hydrogen-bond donors (Lipinski definition) is 0. The maximum Gasteiger partial charge on any atom is 0.257 e. The Labute approximate surface area is 169 Å². The number of carbonyl (C=O) groups is 1. The molecule has 5 nitrogen and oxygen atoms in total. The molecule has 0 unspecified atom stereocenters. The molecule has 1 fully saturated rings. The molecule has 0 spiro atoms. The van der Waals surface area contributed by atoms with Crippen LogP contribution < -0.4 is 14.4 Å². The third kappa shape index (κ3) is 3.78. The molecular formula is C19H17ClF4N2O3. The minimum absolute atomic E-state index is 0.0292. The molecule has 0 bridgehead atoms. The fraction of sp³-hybridized carbons (Fsp3) is 0.316. The van der Waals surface area contributed by atoms with Gasteiger partial charge >= 0.3 is 0 Å². The third-order valence-electron chi connectivity index (χ3n) is 4.71. The molecular weight excluding hydrogens is 416 g/mol. The molecule has 0 atom stereocenters. The molecule has 1 aliphatic rings. The van der Waals surface area contributed by atoms with E-state index in [0.29, 0.717) is 17.1 Å². The van der Waals surface area contributed by atoms with Gasteiger partial charge in [-0.25, -0.2) is 17.6 Å². The number of anilines is 1. The first-order valence-electron chi connectivity index (χ1n) is 8.57. The van der Waals surface area contributed by atoms with Gasteiger partial charge in [0, 0.05) is 32.2 Å². The summed E-state index contributed by atoms with van der Waals surface area (Å²) < 4.78 is 66.1. The summed E-state index contributed by atoms with van der Waals surface area (Å²) >= 11 is 5.26. The van der Waals surface area contributed by atoms with E-state index in [1.54, 1.807) is 18.2 Å². The number of nitrogens with zero attached hydrogens (tertiary/aromatic N) is 2. The molecule has 2 aromatic carbocycles. The van der Waals surface area contributed by atoms with Gasteiger partial charge in [-0.05, 0) is 12.1 Å². The highest BCUT2D eigenvalue weighted by Gasteiger charge is 2.31. The van der Waals surface area contributed by atoms with Crippen molar-refractivity contribution in [1.29, 1.82) is 0 Å². The van der Waals surface area contributed by atoms with Crippen molar-refractivity contribution in [2.45, 2.75) is 0 Å². The van der Waals surface area contributed by atoms with Crippen molar-refractivity contribution >= 4 is 23.2 Å². The van der Waals surface area contributed by atoms with Gasteiger partial charge < -0.3 is 19.3 Å². The maximum atomic E-state index is 14.2. The number of amides is 1. The third-order valence-corrected chi connectivity index (χ3v) is 5.04. The minimum atomic E-state index is -1.65. The van der Waals surface area contributed by atoms with Crippen LogP contribution in [0.2, 0.25) is 5.02 Å². The summed E-state index contributed by atoms with van der Waals surface area (Å²) in [7, 11) is 2.90. The molecule has 29 heavy (non-hydrogen) atoms. The predicted molar refractivity (Wildman–Crippen MR) is 98.9 cm³/mol. The van der Waals surface area contributed by atoms with Crippen molar-refractivity contribution < 1.29 is 31.8 Å². The van der Waals surface area contributed by atoms with Crippen LogP contribution in [0.5, 0.6) is 11.5 Å². The monoisotopic (exact) mass is 432 g/mol.